The number of ether oxygens (including phenoxy) is 4. The van der Waals surface area contributed by atoms with Gasteiger partial charge in [-0.2, -0.15) is 0 Å². The van der Waals surface area contributed by atoms with Crippen molar-refractivity contribution in [1.29, 1.82) is 0 Å². The molecule has 2 aromatic rings. The summed E-state index contributed by atoms with van der Waals surface area (Å²) in [6.07, 6.45) is -1.20. The summed E-state index contributed by atoms with van der Waals surface area (Å²) in [6, 6.07) is 16.6. The van der Waals surface area contributed by atoms with E-state index >= 15 is 0 Å². The van der Waals surface area contributed by atoms with E-state index in [0.717, 1.165) is 5.56 Å². The molecule has 0 aliphatic carbocycles. The first-order valence-corrected chi connectivity index (χ1v) is 8.58. The number of esters is 2. The molecular weight excluding hydrogens is 348 g/mol. The van der Waals surface area contributed by atoms with Crippen molar-refractivity contribution in [2.24, 2.45) is 5.41 Å². The lowest BCUT2D eigenvalue weighted by atomic mass is 9.76. The Morgan fingerprint density at radius 1 is 0.926 bits per heavy atom. The van der Waals surface area contributed by atoms with Crippen LogP contribution < -0.4 is 4.74 Å². The van der Waals surface area contributed by atoms with Crippen LogP contribution in [0.15, 0.2) is 54.6 Å². The third-order valence-corrected chi connectivity index (χ3v) is 4.92. The normalized spacial score (nSPS) is 20.7. The third kappa shape index (κ3) is 3.28. The molecule has 0 bridgehead atoms. The van der Waals surface area contributed by atoms with Gasteiger partial charge in [0.2, 0.25) is 0 Å². The maximum absolute atomic E-state index is 12.8. The van der Waals surface area contributed by atoms with Gasteiger partial charge in [0.05, 0.1) is 27.4 Å². The fourth-order valence-corrected chi connectivity index (χ4v) is 3.59. The molecule has 0 radical (unpaired) electrons. The zero-order valence-electron chi connectivity index (χ0n) is 15.5. The summed E-state index contributed by atoms with van der Waals surface area (Å²) < 4.78 is 21.5. The molecule has 1 fully saturated rings. The van der Waals surface area contributed by atoms with Gasteiger partial charge < -0.3 is 18.9 Å². The number of hydrogen-bond acceptors (Lipinski definition) is 6. The first-order chi connectivity index (χ1) is 13.1. The Bertz CT molecular complexity index is 800. The molecule has 1 aliphatic rings. The van der Waals surface area contributed by atoms with Crippen molar-refractivity contribution in [2.45, 2.75) is 18.6 Å². The van der Waals surface area contributed by atoms with Crippen LogP contribution in [0.4, 0.5) is 0 Å². The van der Waals surface area contributed by atoms with E-state index in [-0.39, 0.29) is 6.42 Å². The molecule has 1 aliphatic heterocycles. The largest absolute Gasteiger partial charge is 0.497 e. The SMILES string of the molecule is COC(=O)C1(C(=O)OC)C[C@H](c2ccccc2)O[C@@H]1c1cccc(OC)c1. The second-order valence-corrected chi connectivity index (χ2v) is 6.35. The minimum absolute atomic E-state index is 0.123. The summed E-state index contributed by atoms with van der Waals surface area (Å²) in [5.74, 6) is -0.760. The fourth-order valence-electron chi connectivity index (χ4n) is 3.59. The highest BCUT2D eigenvalue weighted by Crippen LogP contribution is 2.55. The molecule has 2 atom stereocenters. The number of carbonyl (C=O) groups is 2. The number of rotatable bonds is 5. The number of methoxy groups -OCH3 is 3. The second-order valence-electron chi connectivity index (χ2n) is 6.35. The molecule has 3 rings (SSSR count). The van der Waals surface area contributed by atoms with E-state index in [9.17, 15) is 9.59 Å². The zero-order chi connectivity index (χ0) is 19.4. The summed E-state index contributed by atoms with van der Waals surface area (Å²) in [5, 5.41) is 0. The summed E-state index contributed by atoms with van der Waals surface area (Å²) >= 11 is 0. The average molecular weight is 370 g/mol. The van der Waals surface area contributed by atoms with Gasteiger partial charge in [-0.3, -0.25) is 9.59 Å². The molecule has 0 amide bonds. The number of hydrogen-bond donors (Lipinski definition) is 0. The second kappa shape index (κ2) is 7.80. The topological polar surface area (TPSA) is 71.1 Å². The summed E-state index contributed by atoms with van der Waals surface area (Å²) in [5.41, 5.74) is -0.0835. The Morgan fingerprint density at radius 2 is 1.56 bits per heavy atom. The predicted octanol–water partition coefficient (Wildman–Crippen LogP) is 3.23. The van der Waals surface area contributed by atoms with E-state index in [1.165, 1.54) is 14.2 Å². The lowest BCUT2D eigenvalue weighted by Crippen LogP contribution is -2.43. The van der Waals surface area contributed by atoms with Crippen LogP contribution in [-0.2, 0) is 23.8 Å². The molecule has 2 aromatic carbocycles. The first kappa shape index (κ1) is 18.9. The molecule has 0 saturated carbocycles. The quantitative estimate of drug-likeness (QED) is 0.594. The lowest BCUT2D eigenvalue weighted by molar-refractivity contribution is -0.173. The molecule has 6 nitrogen and oxygen atoms in total. The molecule has 0 aromatic heterocycles. The molecule has 0 N–H and O–H groups in total. The van der Waals surface area contributed by atoms with Crippen molar-refractivity contribution in [3.63, 3.8) is 0 Å². The van der Waals surface area contributed by atoms with Crippen molar-refractivity contribution >= 4 is 11.9 Å². The van der Waals surface area contributed by atoms with Gasteiger partial charge in [-0.05, 0) is 23.3 Å². The van der Waals surface area contributed by atoms with Crippen LogP contribution in [0, 0.1) is 5.41 Å². The van der Waals surface area contributed by atoms with Gasteiger partial charge in [-0.1, -0.05) is 42.5 Å². The van der Waals surface area contributed by atoms with Crippen LogP contribution in [0.1, 0.15) is 29.8 Å². The van der Waals surface area contributed by atoms with Crippen LogP contribution in [0.25, 0.3) is 0 Å². The van der Waals surface area contributed by atoms with Gasteiger partial charge in [0.25, 0.3) is 0 Å². The minimum atomic E-state index is -1.60. The van der Waals surface area contributed by atoms with E-state index in [1.807, 2.05) is 30.3 Å². The Hall–Kier alpha value is -2.86. The van der Waals surface area contributed by atoms with E-state index in [1.54, 1.807) is 31.4 Å². The smallest absolute Gasteiger partial charge is 0.326 e. The number of benzene rings is 2. The van der Waals surface area contributed by atoms with Gasteiger partial charge in [0.15, 0.2) is 5.41 Å². The molecule has 142 valence electrons. The van der Waals surface area contributed by atoms with Crippen molar-refractivity contribution in [1.82, 2.24) is 0 Å². The molecule has 0 unspecified atom stereocenters. The first-order valence-electron chi connectivity index (χ1n) is 8.58. The predicted molar refractivity (Wildman–Crippen MR) is 97.1 cm³/mol. The zero-order valence-corrected chi connectivity index (χ0v) is 15.5. The summed E-state index contributed by atoms with van der Waals surface area (Å²) in [7, 11) is 4.06. The van der Waals surface area contributed by atoms with Crippen LogP contribution in [0.2, 0.25) is 0 Å². The van der Waals surface area contributed by atoms with Gasteiger partial charge in [0.1, 0.15) is 11.9 Å². The van der Waals surface area contributed by atoms with Crippen LogP contribution in [0.3, 0.4) is 0 Å². The van der Waals surface area contributed by atoms with Crippen LogP contribution in [0.5, 0.6) is 5.75 Å². The van der Waals surface area contributed by atoms with Crippen LogP contribution >= 0.6 is 0 Å². The number of carbonyl (C=O) groups excluding carboxylic acids is 2. The van der Waals surface area contributed by atoms with Crippen molar-refractivity contribution in [3.05, 3.63) is 65.7 Å². The summed E-state index contributed by atoms with van der Waals surface area (Å²) in [6.45, 7) is 0. The molecule has 1 saturated heterocycles. The Morgan fingerprint density at radius 3 is 2.15 bits per heavy atom. The summed E-state index contributed by atoms with van der Waals surface area (Å²) in [4.78, 5) is 25.6. The highest BCUT2D eigenvalue weighted by molar-refractivity contribution is 6.01. The van der Waals surface area contributed by atoms with E-state index < -0.39 is 29.6 Å². The molecule has 1 heterocycles. The maximum Gasteiger partial charge on any atom is 0.326 e. The Balaban J connectivity index is 2.12. The third-order valence-electron chi connectivity index (χ3n) is 4.92. The van der Waals surface area contributed by atoms with E-state index in [0.29, 0.717) is 11.3 Å². The average Bonchev–Trinajstić information content (AvgIpc) is 3.15. The monoisotopic (exact) mass is 370 g/mol. The molecule has 27 heavy (non-hydrogen) atoms. The standard InChI is InChI=1S/C21H22O6/c1-24-16-11-7-10-15(12-16)18-21(19(22)25-2,20(23)26-3)13-17(27-18)14-8-5-4-6-9-14/h4-12,17-18H,13H2,1-3H3/t17-,18-/m1/s1. The van der Waals surface area contributed by atoms with E-state index in [4.69, 9.17) is 18.9 Å². The van der Waals surface area contributed by atoms with Crippen molar-refractivity contribution in [2.75, 3.05) is 21.3 Å². The van der Waals surface area contributed by atoms with Crippen molar-refractivity contribution in [3.8, 4) is 5.75 Å². The van der Waals surface area contributed by atoms with Crippen LogP contribution in [-0.4, -0.2) is 33.3 Å². The van der Waals surface area contributed by atoms with Gasteiger partial charge in [-0.15, -0.1) is 0 Å². The Kier molecular flexibility index (Phi) is 5.46. The highest BCUT2D eigenvalue weighted by Gasteiger charge is 2.62. The highest BCUT2D eigenvalue weighted by atomic mass is 16.6. The van der Waals surface area contributed by atoms with E-state index in [2.05, 4.69) is 0 Å². The minimum Gasteiger partial charge on any atom is -0.497 e. The fraction of sp³-hybridized carbons (Fsp3) is 0.333. The lowest BCUT2D eigenvalue weighted by Gasteiger charge is -2.28. The van der Waals surface area contributed by atoms with Crippen molar-refractivity contribution < 1.29 is 28.5 Å². The van der Waals surface area contributed by atoms with Gasteiger partial charge in [0, 0.05) is 6.42 Å². The molecule has 6 heteroatoms. The molecular formula is C21H22O6. The van der Waals surface area contributed by atoms with Gasteiger partial charge >= 0.3 is 11.9 Å². The Labute approximate surface area is 158 Å². The van der Waals surface area contributed by atoms with Gasteiger partial charge in [-0.25, -0.2) is 0 Å². The molecule has 0 spiro atoms. The maximum atomic E-state index is 12.8.